The van der Waals surface area contributed by atoms with E-state index in [1.54, 1.807) is 19.1 Å². The molecule has 0 amide bonds. The second kappa shape index (κ2) is 3.17. The van der Waals surface area contributed by atoms with Crippen LogP contribution in [0.5, 0.6) is 0 Å². The van der Waals surface area contributed by atoms with Crippen molar-refractivity contribution in [1.29, 1.82) is 0 Å². The predicted octanol–water partition coefficient (Wildman–Crippen LogP) is 1.68. The zero-order valence-electron chi connectivity index (χ0n) is 7.92. The van der Waals surface area contributed by atoms with Gasteiger partial charge in [0.2, 0.25) is 0 Å². The van der Waals surface area contributed by atoms with Crippen LogP contribution in [0.1, 0.15) is 12.5 Å². The minimum absolute atomic E-state index is 0.0790. The van der Waals surface area contributed by atoms with Crippen LogP contribution in [0.4, 0.5) is 4.39 Å². The smallest absolute Gasteiger partial charge is 0.145 e. The molecular formula is C11H11FO2. The van der Waals surface area contributed by atoms with Crippen molar-refractivity contribution in [3.05, 3.63) is 35.6 Å². The minimum Gasteiger partial charge on any atom is -0.378 e. The maximum Gasteiger partial charge on any atom is 0.145 e. The van der Waals surface area contributed by atoms with Gasteiger partial charge in [0, 0.05) is 0 Å². The number of hydrogen-bond acceptors (Lipinski definition) is 2. The number of benzene rings is 1. The molecule has 1 saturated heterocycles. The monoisotopic (exact) mass is 194 g/mol. The highest BCUT2D eigenvalue weighted by molar-refractivity contribution is 5.89. The third-order valence-corrected chi connectivity index (χ3v) is 2.77. The molecule has 0 spiro atoms. The Morgan fingerprint density at radius 1 is 1.36 bits per heavy atom. The maximum absolute atomic E-state index is 12.7. The molecule has 0 N–H and O–H groups in total. The van der Waals surface area contributed by atoms with E-state index in [1.165, 1.54) is 12.1 Å². The van der Waals surface area contributed by atoms with E-state index < -0.39 is 5.41 Å². The molecular weight excluding hydrogens is 183 g/mol. The Kier molecular flexibility index (Phi) is 2.11. The van der Waals surface area contributed by atoms with Crippen LogP contribution >= 0.6 is 0 Å². The number of carbonyl (C=O) groups is 1. The molecule has 2 nitrogen and oxygen atoms in total. The Morgan fingerprint density at radius 3 is 2.29 bits per heavy atom. The molecule has 1 aliphatic heterocycles. The van der Waals surface area contributed by atoms with Gasteiger partial charge < -0.3 is 4.74 Å². The van der Waals surface area contributed by atoms with Gasteiger partial charge in [-0.2, -0.15) is 0 Å². The van der Waals surface area contributed by atoms with Crippen molar-refractivity contribution < 1.29 is 13.9 Å². The lowest BCUT2D eigenvalue weighted by atomic mass is 9.75. The summed E-state index contributed by atoms with van der Waals surface area (Å²) in [5.74, 6) is -0.206. The fraction of sp³-hybridized carbons (Fsp3) is 0.364. The minimum atomic E-state index is -0.520. The first-order valence-corrected chi connectivity index (χ1v) is 4.50. The molecule has 14 heavy (non-hydrogen) atoms. The predicted molar refractivity (Wildman–Crippen MR) is 49.6 cm³/mol. The van der Waals surface area contributed by atoms with E-state index in [0.717, 1.165) is 5.56 Å². The van der Waals surface area contributed by atoms with E-state index in [4.69, 9.17) is 4.74 Å². The lowest BCUT2D eigenvalue weighted by molar-refractivity contribution is -0.140. The molecule has 3 heteroatoms. The molecule has 0 aliphatic carbocycles. The Hall–Kier alpha value is -1.22. The van der Waals surface area contributed by atoms with Gasteiger partial charge in [-0.05, 0) is 24.6 Å². The first-order valence-electron chi connectivity index (χ1n) is 4.50. The van der Waals surface area contributed by atoms with Crippen LogP contribution in [0.15, 0.2) is 24.3 Å². The average molecular weight is 194 g/mol. The summed E-state index contributed by atoms with van der Waals surface area (Å²) < 4.78 is 17.8. The SMILES string of the molecule is CC(=O)C1(c2ccc(F)cc2)COC1. The molecule has 74 valence electrons. The third kappa shape index (κ3) is 1.24. The van der Waals surface area contributed by atoms with Crippen molar-refractivity contribution in [2.75, 3.05) is 13.2 Å². The topological polar surface area (TPSA) is 26.3 Å². The summed E-state index contributed by atoms with van der Waals surface area (Å²) in [7, 11) is 0. The van der Waals surface area contributed by atoms with Crippen molar-refractivity contribution in [3.8, 4) is 0 Å². The standard InChI is InChI=1S/C11H11FO2/c1-8(13)11(6-14-7-11)9-2-4-10(12)5-3-9/h2-5H,6-7H2,1H3. The van der Waals surface area contributed by atoms with Gasteiger partial charge >= 0.3 is 0 Å². The van der Waals surface area contributed by atoms with Crippen LogP contribution in [0.25, 0.3) is 0 Å². The van der Waals surface area contributed by atoms with Crippen molar-refractivity contribution in [1.82, 2.24) is 0 Å². The molecule has 1 aliphatic rings. The van der Waals surface area contributed by atoms with Crippen LogP contribution < -0.4 is 0 Å². The summed E-state index contributed by atoms with van der Waals surface area (Å²) in [4.78, 5) is 11.5. The van der Waals surface area contributed by atoms with Crippen LogP contribution in [-0.4, -0.2) is 19.0 Å². The lowest BCUT2D eigenvalue weighted by Crippen LogP contribution is -2.52. The summed E-state index contributed by atoms with van der Waals surface area (Å²) >= 11 is 0. The molecule has 0 aromatic heterocycles. The molecule has 1 aromatic carbocycles. The van der Waals surface area contributed by atoms with Crippen molar-refractivity contribution >= 4 is 5.78 Å². The van der Waals surface area contributed by atoms with E-state index in [9.17, 15) is 9.18 Å². The molecule has 1 heterocycles. The summed E-state index contributed by atoms with van der Waals surface area (Å²) in [6.45, 7) is 2.37. The average Bonchev–Trinajstić information content (AvgIpc) is 2.05. The number of rotatable bonds is 2. The van der Waals surface area contributed by atoms with Gasteiger partial charge in [-0.15, -0.1) is 0 Å². The molecule has 0 unspecified atom stereocenters. The first kappa shape index (κ1) is 9.34. The van der Waals surface area contributed by atoms with Crippen LogP contribution in [-0.2, 0) is 14.9 Å². The quantitative estimate of drug-likeness (QED) is 0.716. The summed E-state index contributed by atoms with van der Waals surface area (Å²) in [6.07, 6.45) is 0. The zero-order valence-corrected chi connectivity index (χ0v) is 7.92. The van der Waals surface area contributed by atoms with Crippen LogP contribution in [0.3, 0.4) is 0 Å². The van der Waals surface area contributed by atoms with E-state index in [2.05, 4.69) is 0 Å². The van der Waals surface area contributed by atoms with Crippen molar-refractivity contribution in [2.24, 2.45) is 0 Å². The van der Waals surface area contributed by atoms with Crippen LogP contribution in [0, 0.1) is 5.82 Å². The van der Waals surface area contributed by atoms with Gasteiger partial charge in [0.25, 0.3) is 0 Å². The molecule has 2 rings (SSSR count). The fourth-order valence-corrected chi connectivity index (χ4v) is 1.65. The highest BCUT2D eigenvalue weighted by Gasteiger charge is 2.44. The summed E-state index contributed by atoms with van der Waals surface area (Å²) in [5.41, 5.74) is 0.325. The van der Waals surface area contributed by atoms with Gasteiger partial charge in [-0.25, -0.2) is 4.39 Å². The fourth-order valence-electron chi connectivity index (χ4n) is 1.65. The van der Waals surface area contributed by atoms with Gasteiger partial charge in [-0.1, -0.05) is 12.1 Å². The number of ether oxygens (including phenoxy) is 1. The molecule has 1 aromatic rings. The number of carbonyl (C=O) groups excluding carboxylic acids is 1. The molecule has 1 fully saturated rings. The van der Waals surface area contributed by atoms with E-state index in [0.29, 0.717) is 13.2 Å². The number of hydrogen-bond donors (Lipinski definition) is 0. The normalized spacial score (nSPS) is 18.7. The Bertz CT molecular complexity index is 352. The second-order valence-corrected chi connectivity index (χ2v) is 3.64. The Labute approximate surface area is 81.7 Å². The third-order valence-electron chi connectivity index (χ3n) is 2.77. The highest BCUT2D eigenvalue weighted by Crippen LogP contribution is 2.33. The van der Waals surface area contributed by atoms with Crippen LogP contribution in [0.2, 0.25) is 0 Å². The molecule has 0 atom stereocenters. The lowest BCUT2D eigenvalue weighted by Gasteiger charge is -2.39. The Balaban J connectivity index is 2.37. The largest absolute Gasteiger partial charge is 0.378 e. The highest BCUT2D eigenvalue weighted by atomic mass is 19.1. The molecule has 0 bridgehead atoms. The summed E-state index contributed by atoms with van der Waals surface area (Å²) in [6, 6.07) is 6.05. The maximum atomic E-state index is 12.7. The first-order chi connectivity index (χ1) is 6.65. The Morgan fingerprint density at radius 2 is 1.93 bits per heavy atom. The second-order valence-electron chi connectivity index (χ2n) is 3.64. The molecule has 0 radical (unpaired) electrons. The number of Topliss-reactive ketones (excluding diaryl/α,β-unsaturated/α-hetero) is 1. The van der Waals surface area contributed by atoms with Gasteiger partial charge in [0.05, 0.1) is 13.2 Å². The van der Waals surface area contributed by atoms with E-state index in [-0.39, 0.29) is 11.6 Å². The zero-order chi connectivity index (χ0) is 10.2. The van der Waals surface area contributed by atoms with Gasteiger partial charge in [0.1, 0.15) is 17.0 Å². The van der Waals surface area contributed by atoms with Gasteiger partial charge in [-0.3, -0.25) is 4.79 Å². The molecule has 0 saturated carbocycles. The van der Waals surface area contributed by atoms with E-state index in [1.807, 2.05) is 0 Å². The number of ketones is 1. The van der Waals surface area contributed by atoms with Crippen molar-refractivity contribution in [2.45, 2.75) is 12.3 Å². The van der Waals surface area contributed by atoms with Crippen molar-refractivity contribution in [3.63, 3.8) is 0 Å². The number of halogens is 1. The van der Waals surface area contributed by atoms with E-state index >= 15 is 0 Å². The summed E-state index contributed by atoms with van der Waals surface area (Å²) in [5, 5.41) is 0. The van der Waals surface area contributed by atoms with Gasteiger partial charge in [0.15, 0.2) is 0 Å².